The van der Waals surface area contributed by atoms with Crippen LogP contribution < -0.4 is 5.32 Å². The summed E-state index contributed by atoms with van der Waals surface area (Å²) < 4.78 is 33.1. The maximum Gasteiger partial charge on any atom is 0.217 e. The number of hydrogen-bond donors (Lipinski definition) is 15. The molecule has 15 N–H and O–H groups in total. The zero-order chi connectivity index (χ0) is 36.0. The lowest BCUT2D eigenvalue weighted by Gasteiger charge is -2.49. The summed E-state index contributed by atoms with van der Waals surface area (Å²) in [7, 11) is 0. The van der Waals surface area contributed by atoms with Gasteiger partial charge in [-0.15, -0.1) is 0 Å². The van der Waals surface area contributed by atoms with Crippen molar-refractivity contribution in [2.24, 2.45) is 0 Å². The molecule has 48 heavy (non-hydrogen) atoms. The average Bonchev–Trinajstić information content (AvgIpc) is 3.07. The molecule has 1 amide bonds. The Morgan fingerprint density at radius 1 is 0.625 bits per heavy atom. The number of aliphatic hydroxyl groups is 14. The lowest BCUT2D eigenvalue weighted by atomic mass is 9.96. The molecule has 0 radical (unpaired) electrons. The molecular weight excluding hydrogens is 662 g/mol. The number of carbonyl (C=O) groups excluding carboxylic acids is 1. The number of carbonyl (C=O) groups is 1. The second kappa shape index (κ2) is 18.2. The summed E-state index contributed by atoms with van der Waals surface area (Å²) in [5.74, 6) is -0.697. The molecule has 0 aliphatic carbocycles. The van der Waals surface area contributed by atoms with Gasteiger partial charge >= 0.3 is 0 Å². The second-order valence-electron chi connectivity index (χ2n) is 11.6. The maximum atomic E-state index is 11.5. The summed E-state index contributed by atoms with van der Waals surface area (Å²) in [6.07, 6.45) is -33.9. The number of amides is 1. The fourth-order valence-corrected chi connectivity index (χ4v) is 5.51. The molecule has 0 unspecified atom stereocenters. The molecule has 22 heteroatoms. The molecule has 3 aliphatic rings. The van der Waals surface area contributed by atoms with Gasteiger partial charge in [-0.05, 0) is 0 Å². The Balaban J connectivity index is 1.91. The molecule has 3 fully saturated rings. The molecule has 0 aromatic carbocycles. The minimum absolute atomic E-state index is 0.697. The number of hydrogen-bond acceptors (Lipinski definition) is 21. The van der Waals surface area contributed by atoms with E-state index >= 15 is 0 Å². The van der Waals surface area contributed by atoms with Crippen molar-refractivity contribution in [3.63, 3.8) is 0 Å². The van der Waals surface area contributed by atoms with E-state index in [9.17, 15) is 76.3 Å². The summed E-state index contributed by atoms with van der Waals surface area (Å²) in [6, 6.07) is -1.46. The first-order valence-electron chi connectivity index (χ1n) is 15.0. The van der Waals surface area contributed by atoms with E-state index in [0.29, 0.717) is 0 Å². The van der Waals surface area contributed by atoms with Crippen LogP contribution in [0.5, 0.6) is 0 Å². The highest BCUT2D eigenvalue weighted by Gasteiger charge is 2.54. The van der Waals surface area contributed by atoms with Crippen LogP contribution >= 0.6 is 0 Å². The summed E-state index contributed by atoms with van der Waals surface area (Å²) in [6.45, 7) is -3.55. The maximum absolute atomic E-state index is 11.5. The minimum Gasteiger partial charge on any atom is -0.394 e. The van der Waals surface area contributed by atoms with Gasteiger partial charge in [-0.2, -0.15) is 0 Å². The van der Waals surface area contributed by atoms with Crippen molar-refractivity contribution >= 4 is 5.91 Å². The van der Waals surface area contributed by atoms with Crippen molar-refractivity contribution in [3.05, 3.63) is 0 Å². The van der Waals surface area contributed by atoms with Gasteiger partial charge in [0.1, 0.15) is 91.6 Å². The van der Waals surface area contributed by atoms with Crippen LogP contribution in [0.25, 0.3) is 0 Å². The quantitative estimate of drug-likeness (QED) is 0.0750. The highest BCUT2D eigenvalue weighted by atomic mass is 16.8. The average molecular weight is 710 g/mol. The second-order valence-corrected chi connectivity index (χ2v) is 11.6. The van der Waals surface area contributed by atoms with Gasteiger partial charge in [-0.1, -0.05) is 0 Å². The Labute approximate surface area is 272 Å². The first-order chi connectivity index (χ1) is 22.6. The van der Waals surface area contributed by atoms with Gasteiger partial charge < -0.3 is 105 Å². The molecule has 0 spiro atoms. The lowest BCUT2D eigenvalue weighted by molar-refractivity contribution is -0.392. The van der Waals surface area contributed by atoms with E-state index in [4.69, 9.17) is 28.4 Å². The van der Waals surface area contributed by atoms with Crippen molar-refractivity contribution in [2.75, 3.05) is 33.0 Å². The molecule has 3 saturated heterocycles. The summed E-state index contributed by atoms with van der Waals surface area (Å²) in [4.78, 5) is 11.5. The third kappa shape index (κ3) is 9.12. The van der Waals surface area contributed by atoms with Crippen LogP contribution in [0.1, 0.15) is 6.92 Å². The van der Waals surface area contributed by atoms with Gasteiger partial charge in [0.25, 0.3) is 0 Å². The Kier molecular flexibility index (Phi) is 15.6. The monoisotopic (exact) mass is 709 g/mol. The van der Waals surface area contributed by atoms with Crippen LogP contribution in [0.2, 0.25) is 0 Å². The Hall–Kier alpha value is -1.33. The van der Waals surface area contributed by atoms with E-state index in [2.05, 4.69) is 5.32 Å². The van der Waals surface area contributed by atoms with Gasteiger partial charge in [0.05, 0.1) is 39.1 Å². The first-order valence-corrected chi connectivity index (χ1v) is 15.0. The SMILES string of the molecule is CC(=O)N[C@@H](CO)[C@@H](O)[C@H](O[C@@H]1O[C@H](CO)[C@@H](O)[C@H](O[C@H]2O[C@H](CO)[C@@H](O)[C@H](O)[C@@H]2O[C@H]2O[C@H](CO)[C@@H](O)[C@H](O)[C@@H]2O)[C@@H]1O)[C@H](O)CO. The van der Waals surface area contributed by atoms with Crippen molar-refractivity contribution in [1.29, 1.82) is 0 Å². The zero-order valence-corrected chi connectivity index (χ0v) is 25.6. The zero-order valence-electron chi connectivity index (χ0n) is 25.6. The largest absolute Gasteiger partial charge is 0.394 e. The van der Waals surface area contributed by atoms with E-state index in [1.165, 1.54) is 0 Å². The molecular formula is C26H47NO21. The van der Waals surface area contributed by atoms with Gasteiger partial charge in [0.15, 0.2) is 18.9 Å². The van der Waals surface area contributed by atoms with E-state index in [1.807, 2.05) is 0 Å². The van der Waals surface area contributed by atoms with Gasteiger partial charge in [0.2, 0.25) is 5.91 Å². The molecule has 3 aliphatic heterocycles. The normalized spacial score (nSPS) is 43.3. The standard InChI is InChI=1S/C26H47NO21/c1-7(33)27-8(2-28)13(35)21(9(34)3-29)46-25-20(42)22(16(38)12(6-32)44-25)47-26-23(18(40)15(37)11(5-31)45-26)48-24-19(41)17(39)14(36)10(4-30)43-24/h8-26,28-32,34-42H,2-6H2,1H3,(H,27,33)/t8-,9+,10+,11+,12+,13+,14+,15+,16+,17-,18-,19-,20-,21+,22-,23-,24+,25-,26+/m0/s1. The molecule has 3 rings (SSSR count). The topological polar surface area (TPSA) is 368 Å². The van der Waals surface area contributed by atoms with E-state index in [1.54, 1.807) is 0 Å². The van der Waals surface area contributed by atoms with E-state index < -0.39 is 155 Å². The summed E-state index contributed by atoms with van der Waals surface area (Å²) in [5, 5.41) is 146. The molecule has 0 aromatic rings. The van der Waals surface area contributed by atoms with Crippen molar-refractivity contribution < 1.29 is 105 Å². The van der Waals surface area contributed by atoms with Gasteiger partial charge in [-0.3, -0.25) is 4.79 Å². The van der Waals surface area contributed by atoms with Gasteiger partial charge in [-0.25, -0.2) is 0 Å². The minimum atomic E-state index is -2.13. The molecule has 22 nitrogen and oxygen atoms in total. The van der Waals surface area contributed by atoms with Crippen LogP contribution in [0, 0.1) is 0 Å². The van der Waals surface area contributed by atoms with Crippen molar-refractivity contribution in [3.8, 4) is 0 Å². The number of ether oxygens (including phenoxy) is 6. The fraction of sp³-hybridized carbons (Fsp3) is 0.962. The lowest BCUT2D eigenvalue weighted by Crippen LogP contribution is -2.67. The van der Waals surface area contributed by atoms with Gasteiger partial charge in [0, 0.05) is 6.92 Å². The van der Waals surface area contributed by atoms with Crippen LogP contribution in [-0.4, -0.2) is 227 Å². The Morgan fingerprint density at radius 3 is 1.65 bits per heavy atom. The van der Waals surface area contributed by atoms with Crippen LogP contribution in [-0.2, 0) is 33.2 Å². The number of rotatable bonds is 15. The van der Waals surface area contributed by atoms with E-state index in [-0.39, 0.29) is 0 Å². The number of aliphatic hydroxyl groups excluding tert-OH is 14. The summed E-state index contributed by atoms with van der Waals surface area (Å²) in [5.41, 5.74) is 0. The molecule has 0 bridgehead atoms. The molecule has 19 atom stereocenters. The Morgan fingerprint density at radius 2 is 1.12 bits per heavy atom. The van der Waals surface area contributed by atoms with Crippen LogP contribution in [0.15, 0.2) is 0 Å². The molecule has 3 heterocycles. The van der Waals surface area contributed by atoms with Crippen molar-refractivity contribution in [2.45, 2.75) is 123 Å². The molecule has 0 saturated carbocycles. The van der Waals surface area contributed by atoms with E-state index in [0.717, 1.165) is 6.92 Å². The summed E-state index contributed by atoms with van der Waals surface area (Å²) >= 11 is 0. The third-order valence-corrected chi connectivity index (χ3v) is 8.27. The van der Waals surface area contributed by atoms with Crippen molar-refractivity contribution in [1.82, 2.24) is 5.32 Å². The Bertz CT molecular complexity index is 982. The molecule has 282 valence electrons. The predicted molar refractivity (Wildman–Crippen MR) is 148 cm³/mol. The van der Waals surface area contributed by atoms with Crippen LogP contribution in [0.3, 0.4) is 0 Å². The highest BCUT2D eigenvalue weighted by molar-refractivity contribution is 5.73. The van der Waals surface area contributed by atoms with Crippen LogP contribution in [0.4, 0.5) is 0 Å². The predicted octanol–water partition coefficient (Wildman–Crippen LogP) is -9.97. The first kappa shape index (κ1) is 41.1. The third-order valence-electron chi connectivity index (χ3n) is 8.27. The molecule has 0 aromatic heterocycles. The smallest absolute Gasteiger partial charge is 0.217 e. The highest BCUT2D eigenvalue weighted by Crippen LogP contribution is 2.33. The number of nitrogens with one attached hydrogen (secondary N) is 1. The fourth-order valence-electron chi connectivity index (χ4n) is 5.51.